The van der Waals surface area contributed by atoms with E-state index in [9.17, 15) is 0 Å². The predicted octanol–water partition coefficient (Wildman–Crippen LogP) is 2.37. The van der Waals surface area contributed by atoms with Crippen LogP contribution in [0.25, 0.3) is 0 Å². The van der Waals surface area contributed by atoms with Gasteiger partial charge in [-0.05, 0) is 26.3 Å². The summed E-state index contributed by atoms with van der Waals surface area (Å²) < 4.78 is 0. The fourth-order valence-electron chi connectivity index (χ4n) is 1.35. The Balaban J connectivity index is 2.77. The van der Waals surface area contributed by atoms with E-state index in [-0.39, 0.29) is 0 Å². The van der Waals surface area contributed by atoms with Gasteiger partial charge in [0.25, 0.3) is 0 Å². The van der Waals surface area contributed by atoms with Crippen LogP contribution in [0.4, 0.5) is 0 Å². The highest BCUT2D eigenvalue weighted by atomic mass is 32.1. The van der Waals surface area contributed by atoms with E-state index in [1.807, 2.05) is 18.4 Å². The van der Waals surface area contributed by atoms with Gasteiger partial charge >= 0.3 is 0 Å². The van der Waals surface area contributed by atoms with Crippen LogP contribution in [0.1, 0.15) is 29.4 Å². The maximum Gasteiger partial charge on any atom is 0.0900 e. The number of hydrogen-bond acceptors (Lipinski definition) is 3. The molecule has 0 bridgehead atoms. The van der Waals surface area contributed by atoms with E-state index in [2.05, 4.69) is 31.1 Å². The topological polar surface area (TPSA) is 24.9 Å². The number of aromatic nitrogens is 1. The molecule has 1 heterocycles. The molecule has 74 valence electrons. The fourth-order valence-corrected chi connectivity index (χ4v) is 2.51. The lowest BCUT2D eigenvalue weighted by molar-refractivity contribution is 0.644. The van der Waals surface area contributed by atoms with Crippen LogP contribution in [-0.4, -0.2) is 12.0 Å². The molecule has 0 amide bonds. The molecule has 0 aromatic carbocycles. The molecule has 0 fully saturated rings. The highest BCUT2D eigenvalue weighted by Crippen LogP contribution is 2.21. The van der Waals surface area contributed by atoms with Crippen molar-refractivity contribution in [1.82, 2.24) is 10.3 Å². The van der Waals surface area contributed by atoms with Crippen LogP contribution in [0.2, 0.25) is 0 Å². The summed E-state index contributed by atoms with van der Waals surface area (Å²) in [4.78, 5) is 5.96. The van der Waals surface area contributed by atoms with Crippen molar-refractivity contribution < 1.29 is 0 Å². The fraction of sp³-hybridized carbons (Fsp3) is 0.700. The molecular formula is C10H18N2S. The van der Waals surface area contributed by atoms with Gasteiger partial charge in [0, 0.05) is 11.4 Å². The van der Waals surface area contributed by atoms with Gasteiger partial charge in [-0.25, -0.2) is 4.98 Å². The van der Waals surface area contributed by atoms with Crippen molar-refractivity contribution in [2.45, 2.75) is 33.7 Å². The summed E-state index contributed by atoms with van der Waals surface area (Å²) >= 11 is 1.83. The zero-order valence-corrected chi connectivity index (χ0v) is 9.66. The van der Waals surface area contributed by atoms with E-state index in [0.29, 0.717) is 0 Å². The van der Waals surface area contributed by atoms with E-state index < -0.39 is 0 Å². The molecule has 13 heavy (non-hydrogen) atoms. The van der Waals surface area contributed by atoms with Crippen LogP contribution >= 0.6 is 11.3 Å². The van der Waals surface area contributed by atoms with Crippen molar-refractivity contribution in [3.63, 3.8) is 0 Å². The van der Waals surface area contributed by atoms with Gasteiger partial charge in [-0.3, -0.25) is 0 Å². The lowest BCUT2D eigenvalue weighted by Crippen LogP contribution is -2.08. The van der Waals surface area contributed by atoms with Crippen LogP contribution in [0.15, 0.2) is 0 Å². The molecule has 0 radical (unpaired) electrons. The first-order chi connectivity index (χ1) is 6.13. The maximum atomic E-state index is 4.51. The molecule has 1 aromatic heterocycles. The van der Waals surface area contributed by atoms with Crippen molar-refractivity contribution in [2.75, 3.05) is 7.05 Å². The van der Waals surface area contributed by atoms with E-state index in [4.69, 9.17) is 0 Å². The molecule has 1 N–H and O–H groups in total. The van der Waals surface area contributed by atoms with Crippen LogP contribution in [-0.2, 0) is 13.0 Å². The Morgan fingerprint density at radius 1 is 1.46 bits per heavy atom. The van der Waals surface area contributed by atoms with Gasteiger partial charge in [0.2, 0.25) is 0 Å². The van der Waals surface area contributed by atoms with Gasteiger partial charge in [-0.2, -0.15) is 0 Å². The summed E-state index contributed by atoms with van der Waals surface area (Å²) in [5, 5.41) is 4.34. The Morgan fingerprint density at radius 2 is 2.15 bits per heavy atom. The summed E-state index contributed by atoms with van der Waals surface area (Å²) in [6, 6.07) is 0. The molecule has 0 atom stereocenters. The number of nitrogens with one attached hydrogen (secondary N) is 1. The monoisotopic (exact) mass is 198 g/mol. The second kappa shape index (κ2) is 4.72. The lowest BCUT2D eigenvalue weighted by atomic mass is 10.1. The Labute approximate surface area is 84.4 Å². The van der Waals surface area contributed by atoms with Crippen LogP contribution in [0, 0.1) is 12.8 Å². The molecule has 0 unspecified atom stereocenters. The van der Waals surface area contributed by atoms with E-state index in [1.54, 1.807) is 0 Å². The van der Waals surface area contributed by atoms with Gasteiger partial charge in [0.05, 0.1) is 10.7 Å². The van der Waals surface area contributed by atoms with E-state index in [0.717, 1.165) is 18.9 Å². The Morgan fingerprint density at radius 3 is 2.69 bits per heavy atom. The van der Waals surface area contributed by atoms with E-state index in [1.165, 1.54) is 15.6 Å². The first-order valence-electron chi connectivity index (χ1n) is 4.73. The van der Waals surface area contributed by atoms with Gasteiger partial charge in [-0.15, -0.1) is 11.3 Å². The van der Waals surface area contributed by atoms with Gasteiger partial charge in [0.15, 0.2) is 0 Å². The highest BCUT2D eigenvalue weighted by molar-refractivity contribution is 7.11. The number of aryl methyl sites for hydroxylation is 1. The molecule has 1 rings (SSSR count). The minimum absolute atomic E-state index is 0.718. The summed E-state index contributed by atoms with van der Waals surface area (Å²) in [6.07, 6.45) is 1.16. The third-order valence-electron chi connectivity index (χ3n) is 1.82. The van der Waals surface area contributed by atoms with Crippen LogP contribution < -0.4 is 5.32 Å². The second-order valence-electron chi connectivity index (χ2n) is 3.73. The molecule has 0 aliphatic carbocycles. The molecular weight excluding hydrogens is 180 g/mol. The molecule has 3 heteroatoms. The van der Waals surface area contributed by atoms with Crippen molar-refractivity contribution in [3.8, 4) is 0 Å². The van der Waals surface area contributed by atoms with Gasteiger partial charge in [0.1, 0.15) is 0 Å². The Hall–Kier alpha value is -0.410. The maximum absolute atomic E-state index is 4.51. The van der Waals surface area contributed by atoms with Crippen molar-refractivity contribution in [2.24, 2.45) is 5.92 Å². The number of rotatable bonds is 4. The standard InChI is InChI=1S/C10H18N2S/c1-7(2)5-10-9(6-11-4)12-8(3)13-10/h7,11H,5-6H2,1-4H3. The zero-order chi connectivity index (χ0) is 9.84. The minimum atomic E-state index is 0.718. The normalized spacial score (nSPS) is 11.2. The summed E-state index contributed by atoms with van der Waals surface area (Å²) in [7, 11) is 1.97. The third kappa shape index (κ3) is 3.08. The Bertz CT molecular complexity index is 266. The van der Waals surface area contributed by atoms with E-state index >= 15 is 0 Å². The largest absolute Gasteiger partial charge is 0.314 e. The number of nitrogens with zero attached hydrogens (tertiary/aromatic N) is 1. The van der Waals surface area contributed by atoms with Gasteiger partial charge < -0.3 is 5.32 Å². The summed E-state index contributed by atoms with van der Waals surface area (Å²) in [5.74, 6) is 0.718. The summed E-state index contributed by atoms with van der Waals surface area (Å²) in [5.41, 5.74) is 1.23. The third-order valence-corrected chi connectivity index (χ3v) is 2.86. The molecule has 1 aromatic rings. The lowest BCUT2D eigenvalue weighted by Gasteiger charge is -2.03. The first-order valence-corrected chi connectivity index (χ1v) is 5.55. The number of hydrogen-bond donors (Lipinski definition) is 1. The average Bonchev–Trinajstić information content (AvgIpc) is 2.31. The minimum Gasteiger partial charge on any atom is -0.314 e. The molecule has 2 nitrogen and oxygen atoms in total. The summed E-state index contributed by atoms with van der Waals surface area (Å²) in [6.45, 7) is 7.47. The van der Waals surface area contributed by atoms with Crippen molar-refractivity contribution in [3.05, 3.63) is 15.6 Å². The van der Waals surface area contributed by atoms with Crippen LogP contribution in [0.5, 0.6) is 0 Å². The second-order valence-corrected chi connectivity index (χ2v) is 5.02. The quantitative estimate of drug-likeness (QED) is 0.803. The Kier molecular flexibility index (Phi) is 3.88. The van der Waals surface area contributed by atoms with Crippen molar-refractivity contribution in [1.29, 1.82) is 0 Å². The predicted molar refractivity (Wildman–Crippen MR) is 58.2 cm³/mol. The zero-order valence-electron chi connectivity index (χ0n) is 8.85. The molecule has 0 spiro atoms. The highest BCUT2D eigenvalue weighted by Gasteiger charge is 2.09. The number of thiazole rings is 1. The van der Waals surface area contributed by atoms with Crippen LogP contribution in [0.3, 0.4) is 0 Å². The molecule has 0 saturated heterocycles. The van der Waals surface area contributed by atoms with Crippen molar-refractivity contribution >= 4 is 11.3 Å². The molecule has 0 saturated carbocycles. The van der Waals surface area contributed by atoms with Gasteiger partial charge in [-0.1, -0.05) is 13.8 Å². The average molecular weight is 198 g/mol. The molecule has 0 aliphatic rings. The smallest absolute Gasteiger partial charge is 0.0900 e. The SMILES string of the molecule is CNCc1nc(C)sc1CC(C)C. The molecule has 0 aliphatic heterocycles. The first kappa shape index (κ1) is 10.7.